The molecule has 1 aromatic heterocycles. The van der Waals surface area contributed by atoms with E-state index in [-0.39, 0.29) is 0 Å². The second-order valence-electron chi connectivity index (χ2n) is 5.05. The molecule has 1 unspecified atom stereocenters. The lowest BCUT2D eigenvalue weighted by Gasteiger charge is -2.14. The van der Waals surface area contributed by atoms with Crippen molar-refractivity contribution >= 4 is 28.4 Å². The maximum absolute atomic E-state index is 5.48. The highest BCUT2D eigenvalue weighted by Crippen LogP contribution is 2.31. The summed E-state index contributed by atoms with van der Waals surface area (Å²) in [4.78, 5) is 9.55. The molecule has 0 saturated carbocycles. The van der Waals surface area contributed by atoms with E-state index >= 15 is 0 Å². The number of hydrogen-bond acceptors (Lipinski definition) is 4. The molecule has 1 aliphatic rings. The fourth-order valence-electron chi connectivity index (χ4n) is 2.46. The zero-order valence-corrected chi connectivity index (χ0v) is 14.1. The van der Waals surface area contributed by atoms with E-state index in [0.29, 0.717) is 5.92 Å². The van der Waals surface area contributed by atoms with Crippen LogP contribution in [0.15, 0.2) is 30.3 Å². The van der Waals surface area contributed by atoms with Gasteiger partial charge in [-0.3, -0.25) is 0 Å². The summed E-state index contributed by atoms with van der Waals surface area (Å²) < 4.78 is 6.56. The fraction of sp³-hybridized carbons (Fsp3) is 0.375. The van der Waals surface area contributed by atoms with E-state index in [1.807, 2.05) is 18.2 Å². The molecule has 1 atom stereocenters. The number of aromatic nitrogens is 2. The zero-order valence-electron chi connectivity index (χ0n) is 12.0. The van der Waals surface area contributed by atoms with E-state index in [1.165, 1.54) is 0 Å². The van der Waals surface area contributed by atoms with Gasteiger partial charge < -0.3 is 10.1 Å². The molecule has 2 aromatic rings. The topological polar surface area (TPSA) is 47.0 Å². The Kier molecular flexibility index (Phi) is 4.70. The molecule has 1 N–H and O–H groups in total. The number of nitrogens with one attached hydrogen (secondary N) is 1. The molecule has 0 spiro atoms. The first-order chi connectivity index (χ1) is 10.3. The molecule has 0 bridgehead atoms. The minimum absolute atomic E-state index is 0.307. The molecule has 3 rings (SSSR count). The van der Waals surface area contributed by atoms with Crippen molar-refractivity contribution in [2.24, 2.45) is 0 Å². The van der Waals surface area contributed by atoms with E-state index in [0.717, 1.165) is 52.6 Å². The minimum atomic E-state index is 0.307. The molecule has 1 fully saturated rings. The van der Waals surface area contributed by atoms with Crippen molar-refractivity contribution in [1.29, 1.82) is 0 Å². The Morgan fingerprint density at radius 1 is 1.29 bits per heavy atom. The van der Waals surface area contributed by atoms with Crippen LogP contribution >= 0.6 is 22.6 Å². The Labute approximate surface area is 138 Å². The Morgan fingerprint density at radius 3 is 2.76 bits per heavy atom. The van der Waals surface area contributed by atoms with E-state index in [1.54, 1.807) is 0 Å². The summed E-state index contributed by atoms with van der Waals surface area (Å²) in [6, 6.07) is 10.3. The van der Waals surface area contributed by atoms with Crippen molar-refractivity contribution < 1.29 is 4.74 Å². The summed E-state index contributed by atoms with van der Waals surface area (Å²) in [5.74, 6) is 2.12. The van der Waals surface area contributed by atoms with Crippen molar-refractivity contribution in [2.75, 3.05) is 25.1 Å². The highest BCUT2D eigenvalue weighted by Gasteiger charge is 2.23. The molecule has 1 aromatic carbocycles. The van der Waals surface area contributed by atoms with E-state index < -0.39 is 0 Å². The molecular weight excluding hydrogens is 377 g/mol. The standard InChI is InChI=1S/C16H18IN3O/c1-2-18-16-13(17)14(11-6-4-3-5-7-11)19-15(20-16)12-8-9-21-10-12/h3-7,12H,2,8-10H2,1H3,(H,18,19,20). The van der Waals surface area contributed by atoms with E-state index in [2.05, 4.69) is 47.0 Å². The monoisotopic (exact) mass is 395 g/mol. The lowest BCUT2D eigenvalue weighted by molar-refractivity contribution is 0.193. The van der Waals surface area contributed by atoms with Crippen molar-refractivity contribution in [3.8, 4) is 11.3 Å². The van der Waals surface area contributed by atoms with Crippen LogP contribution in [0.3, 0.4) is 0 Å². The highest BCUT2D eigenvalue weighted by atomic mass is 127. The van der Waals surface area contributed by atoms with E-state index in [9.17, 15) is 0 Å². The number of anilines is 1. The van der Waals surface area contributed by atoms with Gasteiger partial charge in [0.25, 0.3) is 0 Å². The Hall–Kier alpha value is -1.21. The predicted octanol–water partition coefficient (Wildman–Crippen LogP) is 3.68. The average molecular weight is 395 g/mol. The van der Waals surface area contributed by atoms with Gasteiger partial charge in [-0.15, -0.1) is 0 Å². The fourth-order valence-corrected chi connectivity index (χ4v) is 3.20. The predicted molar refractivity (Wildman–Crippen MR) is 92.5 cm³/mol. The van der Waals surface area contributed by atoms with Gasteiger partial charge in [-0.25, -0.2) is 9.97 Å². The molecule has 1 aliphatic heterocycles. The van der Waals surface area contributed by atoms with Crippen LogP contribution in [0, 0.1) is 3.57 Å². The van der Waals surface area contributed by atoms with Crippen LogP contribution < -0.4 is 5.32 Å². The van der Waals surface area contributed by atoms with Gasteiger partial charge in [0, 0.05) is 24.6 Å². The van der Waals surface area contributed by atoms with Gasteiger partial charge >= 0.3 is 0 Å². The van der Waals surface area contributed by atoms with Crippen molar-refractivity contribution in [1.82, 2.24) is 9.97 Å². The number of rotatable bonds is 4. The molecule has 2 heterocycles. The lowest BCUT2D eigenvalue weighted by atomic mass is 10.1. The van der Waals surface area contributed by atoms with Crippen molar-refractivity contribution in [2.45, 2.75) is 19.3 Å². The van der Waals surface area contributed by atoms with Gasteiger partial charge in [0.2, 0.25) is 0 Å². The molecule has 5 heteroatoms. The summed E-state index contributed by atoms with van der Waals surface area (Å²) in [5.41, 5.74) is 2.13. The largest absolute Gasteiger partial charge is 0.381 e. The SMILES string of the molecule is CCNc1nc(C2CCOC2)nc(-c2ccccc2)c1I. The molecule has 1 saturated heterocycles. The lowest BCUT2D eigenvalue weighted by Crippen LogP contribution is -2.11. The van der Waals surface area contributed by atoms with E-state index in [4.69, 9.17) is 14.7 Å². The Balaban J connectivity index is 2.08. The second kappa shape index (κ2) is 6.70. The molecule has 110 valence electrons. The van der Waals surface area contributed by atoms with Gasteiger partial charge in [-0.05, 0) is 35.9 Å². The van der Waals surface area contributed by atoms with Crippen LogP contribution in [-0.4, -0.2) is 29.7 Å². The summed E-state index contributed by atoms with van der Waals surface area (Å²) in [7, 11) is 0. The molecule has 0 radical (unpaired) electrons. The van der Waals surface area contributed by atoms with Gasteiger partial charge in [-0.1, -0.05) is 30.3 Å². The molecule has 0 aliphatic carbocycles. The zero-order chi connectivity index (χ0) is 14.7. The highest BCUT2D eigenvalue weighted by molar-refractivity contribution is 14.1. The number of hydrogen-bond donors (Lipinski definition) is 1. The molecular formula is C16H18IN3O. The van der Waals surface area contributed by atoms with Crippen LogP contribution in [-0.2, 0) is 4.74 Å². The second-order valence-corrected chi connectivity index (χ2v) is 6.13. The van der Waals surface area contributed by atoms with Crippen LogP contribution in [0.2, 0.25) is 0 Å². The summed E-state index contributed by atoms with van der Waals surface area (Å²) >= 11 is 2.33. The van der Waals surface area contributed by atoms with Gasteiger partial charge in [0.1, 0.15) is 11.6 Å². The van der Waals surface area contributed by atoms with Crippen LogP contribution in [0.25, 0.3) is 11.3 Å². The minimum Gasteiger partial charge on any atom is -0.381 e. The van der Waals surface area contributed by atoms with Gasteiger partial charge in [-0.2, -0.15) is 0 Å². The maximum Gasteiger partial charge on any atom is 0.143 e. The normalized spacial score (nSPS) is 17.9. The van der Waals surface area contributed by atoms with Gasteiger partial charge in [0.15, 0.2) is 0 Å². The maximum atomic E-state index is 5.48. The molecule has 0 amide bonds. The summed E-state index contributed by atoms with van der Waals surface area (Å²) in [6.07, 6.45) is 1.00. The number of ether oxygens (including phenoxy) is 1. The Morgan fingerprint density at radius 2 is 2.10 bits per heavy atom. The van der Waals surface area contributed by atoms with Crippen LogP contribution in [0.4, 0.5) is 5.82 Å². The first-order valence-corrected chi connectivity index (χ1v) is 8.32. The van der Waals surface area contributed by atoms with Gasteiger partial charge in [0.05, 0.1) is 15.9 Å². The third-order valence-electron chi connectivity index (χ3n) is 3.55. The number of benzene rings is 1. The molecule has 4 nitrogen and oxygen atoms in total. The average Bonchev–Trinajstić information content (AvgIpc) is 3.05. The summed E-state index contributed by atoms with van der Waals surface area (Å²) in [6.45, 7) is 4.46. The third-order valence-corrected chi connectivity index (χ3v) is 4.58. The Bertz CT molecular complexity index is 612. The van der Waals surface area contributed by atoms with Crippen molar-refractivity contribution in [3.63, 3.8) is 0 Å². The van der Waals surface area contributed by atoms with Crippen LogP contribution in [0.5, 0.6) is 0 Å². The number of halogens is 1. The van der Waals surface area contributed by atoms with Crippen molar-refractivity contribution in [3.05, 3.63) is 39.7 Å². The third kappa shape index (κ3) is 3.18. The smallest absolute Gasteiger partial charge is 0.143 e. The quantitative estimate of drug-likeness (QED) is 0.803. The molecule has 21 heavy (non-hydrogen) atoms. The van der Waals surface area contributed by atoms with Crippen LogP contribution in [0.1, 0.15) is 25.1 Å². The summed E-state index contributed by atoms with van der Waals surface area (Å²) in [5, 5.41) is 3.35. The number of nitrogens with zero attached hydrogens (tertiary/aromatic N) is 2. The first-order valence-electron chi connectivity index (χ1n) is 7.24. The first kappa shape index (κ1) is 14.7.